The average Bonchev–Trinajstić information content (AvgIpc) is 3.00. The van der Waals surface area contributed by atoms with Gasteiger partial charge in [-0.25, -0.2) is 9.13 Å². The summed E-state index contributed by atoms with van der Waals surface area (Å²) >= 11 is 0. The van der Waals surface area contributed by atoms with Gasteiger partial charge in [-0.3, -0.25) is 18.6 Å². The number of benzene rings is 2. The van der Waals surface area contributed by atoms with E-state index in [1.807, 2.05) is 24.3 Å². The van der Waals surface area contributed by atoms with E-state index in [0.29, 0.717) is 11.5 Å². The quantitative estimate of drug-likeness (QED) is 0.0773. The molecule has 0 aromatic heterocycles. The third kappa shape index (κ3) is 12.8. The first-order valence-corrected chi connectivity index (χ1v) is 19.4. The second kappa shape index (κ2) is 19.3. The Morgan fingerprint density at radius 1 is 0.583 bits per heavy atom. The molecule has 0 heterocycles. The van der Waals surface area contributed by atoms with Crippen LogP contribution in [0.25, 0.3) is 11.1 Å². The van der Waals surface area contributed by atoms with Crippen LogP contribution in [0.3, 0.4) is 0 Å². The molecule has 0 fully saturated rings. The molecule has 48 heavy (non-hydrogen) atoms. The van der Waals surface area contributed by atoms with E-state index < -0.39 is 39.5 Å². The van der Waals surface area contributed by atoms with E-state index in [1.165, 1.54) is 13.8 Å². The van der Waals surface area contributed by atoms with E-state index in [1.54, 1.807) is 65.8 Å². The van der Waals surface area contributed by atoms with Crippen molar-refractivity contribution in [1.82, 2.24) is 10.2 Å². The van der Waals surface area contributed by atoms with Crippen molar-refractivity contribution in [3.05, 3.63) is 59.7 Å². The van der Waals surface area contributed by atoms with Crippen LogP contribution in [-0.2, 0) is 37.2 Å². The predicted octanol–water partition coefficient (Wildman–Crippen LogP) is 8.32. The molecule has 0 bridgehead atoms. The highest BCUT2D eigenvalue weighted by molar-refractivity contribution is 7.52. The normalized spacial score (nSPS) is 15.9. The van der Waals surface area contributed by atoms with Gasteiger partial charge >= 0.3 is 27.4 Å². The molecule has 12 nitrogen and oxygen atoms in total. The van der Waals surface area contributed by atoms with Gasteiger partial charge in [0.1, 0.15) is 23.6 Å². The number of carbonyl (C=O) groups is 2. The van der Waals surface area contributed by atoms with Crippen molar-refractivity contribution >= 4 is 38.6 Å². The van der Waals surface area contributed by atoms with Crippen molar-refractivity contribution in [3.8, 4) is 11.5 Å². The molecule has 0 saturated heterocycles. The van der Waals surface area contributed by atoms with Crippen molar-refractivity contribution < 1.29 is 46.3 Å². The zero-order valence-electron chi connectivity index (χ0n) is 29.7. The Labute approximate surface area is 285 Å². The number of esters is 2. The molecule has 0 aliphatic rings. The van der Waals surface area contributed by atoms with E-state index in [2.05, 4.69) is 24.0 Å². The molecule has 2 aromatic carbocycles. The summed E-state index contributed by atoms with van der Waals surface area (Å²) in [4.78, 5) is 24.6. The highest BCUT2D eigenvalue weighted by Crippen LogP contribution is 2.46. The minimum absolute atomic E-state index is 0.104. The van der Waals surface area contributed by atoms with Crippen molar-refractivity contribution in [2.75, 3.05) is 13.2 Å². The number of hydrogen-bond acceptors (Lipinski definition) is 10. The molecule has 0 aliphatic carbocycles. The fourth-order valence-corrected chi connectivity index (χ4v) is 7.66. The van der Waals surface area contributed by atoms with Gasteiger partial charge in [0.2, 0.25) is 0 Å². The lowest BCUT2D eigenvalue weighted by atomic mass is 9.91. The van der Waals surface area contributed by atoms with E-state index in [0.717, 1.165) is 35.1 Å². The Morgan fingerprint density at radius 2 is 0.896 bits per heavy atom. The van der Waals surface area contributed by atoms with Gasteiger partial charge in [-0.1, -0.05) is 38.1 Å². The summed E-state index contributed by atoms with van der Waals surface area (Å²) in [6.45, 7) is 17.7. The second-order valence-corrected chi connectivity index (χ2v) is 14.8. The summed E-state index contributed by atoms with van der Waals surface area (Å²) in [5, 5.41) is 5.32. The van der Waals surface area contributed by atoms with Crippen LogP contribution in [0.5, 0.6) is 11.5 Å². The zero-order chi connectivity index (χ0) is 36.1. The lowest BCUT2D eigenvalue weighted by Crippen LogP contribution is -2.36. The minimum atomic E-state index is -3.89. The Balaban J connectivity index is 2.28. The van der Waals surface area contributed by atoms with E-state index in [9.17, 15) is 18.7 Å². The number of allylic oxidation sites excluding steroid dienone is 2. The zero-order valence-corrected chi connectivity index (χ0v) is 31.5. The summed E-state index contributed by atoms with van der Waals surface area (Å²) < 4.78 is 59.6. The summed E-state index contributed by atoms with van der Waals surface area (Å²) in [6, 6.07) is 12.5. The first-order valence-electron chi connectivity index (χ1n) is 16.4. The van der Waals surface area contributed by atoms with Gasteiger partial charge in [0.25, 0.3) is 0 Å². The van der Waals surface area contributed by atoms with Crippen LogP contribution in [0.1, 0.15) is 93.2 Å². The highest BCUT2D eigenvalue weighted by Gasteiger charge is 2.33. The SMILES string of the molecule is CCOP(=O)(N[C@@H](C)C(=O)OC(C)C)Oc1ccc(/C(CC)=C(\CC)c2ccc(OP(=O)(N[C@@H](C)C(=O)OC(C)C)OCC)cc2)cc1. The summed E-state index contributed by atoms with van der Waals surface area (Å²) in [5.74, 6) is -0.513. The van der Waals surface area contributed by atoms with Gasteiger partial charge in [-0.05, 0) is 115 Å². The standard InChI is InChI=1S/C34H52N2O10P2/c1-11-31(27-15-19-29(20-16-27)45-47(39,41-13-3)35-25(9)33(37)43-23(5)6)32(12-2)28-17-21-30(22-18-28)46-48(40,42-14-4)36-26(10)34(38)44-24(7)8/h15-26H,11-14H2,1-10H3,(H,35,39)(H,36,40)/b32-31+/t25-,26-,47?,48?/m0/s1. The van der Waals surface area contributed by atoms with Crippen LogP contribution < -0.4 is 19.2 Å². The third-order valence-electron chi connectivity index (χ3n) is 6.64. The average molecular weight is 711 g/mol. The maximum atomic E-state index is 13.4. The number of ether oxygens (including phenoxy) is 2. The van der Waals surface area contributed by atoms with E-state index in [-0.39, 0.29) is 25.4 Å². The summed E-state index contributed by atoms with van der Waals surface area (Å²) in [5.41, 5.74) is 4.07. The van der Waals surface area contributed by atoms with Crippen molar-refractivity contribution in [2.45, 2.75) is 106 Å². The van der Waals surface area contributed by atoms with Crippen LogP contribution in [0.4, 0.5) is 0 Å². The first kappa shape index (κ1) is 41.2. The predicted molar refractivity (Wildman–Crippen MR) is 188 cm³/mol. The molecule has 0 aliphatic heterocycles. The largest absolute Gasteiger partial charge is 0.462 e. The van der Waals surface area contributed by atoms with Gasteiger partial charge in [-0.2, -0.15) is 10.2 Å². The van der Waals surface area contributed by atoms with Gasteiger partial charge in [0, 0.05) is 0 Å². The molecule has 4 atom stereocenters. The van der Waals surface area contributed by atoms with Crippen LogP contribution >= 0.6 is 15.5 Å². The van der Waals surface area contributed by atoms with Crippen molar-refractivity contribution in [3.63, 3.8) is 0 Å². The molecular formula is C34H52N2O10P2. The van der Waals surface area contributed by atoms with E-state index in [4.69, 9.17) is 27.6 Å². The Bertz CT molecular complexity index is 1350. The molecule has 0 amide bonds. The monoisotopic (exact) mass is 710 g/mol. The molecule has 2 N–H and O–H groups in total. The number of hydrogen-bond donors (Lipinski definition) is 2. The smallest absolute Gasteiger partial charge is 0.459 e. The fraction of sp³-hybridized carbons (Fsp3) is 0.529. The maximum absolute atomic E-state index is 13.4. The topological polar surface area (TPSA) is 148 Å². The minimum Gasteiger partial charge on any atom is -0.462 e. The van der Waals surface area contributed by atoms with Crippen LogP contribution in [0.15, 0.2) is 48.5 Å². The number of rotatable bonds is 20. The fourth-order valence-electron chi connectivity index (χ4n) is 4.66. The number of nitrogens with one attached hydrogen (secondary N) is 2. The Hall–Kier alpha value is -2.98. The van der Waals surface area contributed by atoms with Crippen LogP contribution in [0.2, 0.25) is 0 Å². The summed E-state index contributed by atoms with van der Waals surface area (Å²) in [6.07, 6.45) is 0.814. The second-order valence-electron chi connectivity index (χ2n) is 11.4. The molecule has 0 radical (unpaired) electrons. The van der Waals surface area contributed by atoms with Crippen LogP contribution in [0, 0.1) is 0 Å². The molecule has 2 rings (SSSR count). The number of carbonyl (C=O) groups excluding carboxylic acids is 2. The lowest BCUT2D eigenvalue weighted by molar-refractivity contribution is -0.150. The van der Waals surface area contributed by atoms with Crippen molar-refractivity contribution in [1.29, 1.82) is 0 Å². The Kier molecular flexibility index (Phi) is 16.5. The molecule has 14 heteroatoms. The molecule has 0 saturated carbocycles. The van der Waals surface area contributed by atoms with E-state index >= 15 is 0 Å². The molecule has 0 spiro atoms. The molecule has 2 aromatic rings. The van der Waals surface area contributed by atoms with Crippen LogP contribution in [-0.4, -0.2) is 49.4 Å². The van der Waals surface area contributed by atoms with Gasteiger partial charge < -0.3 is 18.5 Å². The Morgan fingerprint density at radius 3 is 1.15 bits per heavy atom. The van der Waals surface area contributed by atoms with Gasteiger partial charge in [0.15, 0.2) is 0 Å². The van der Waals surface area contributed by atoms with Crippen molar-refractivity contribution in [2.24, 2.45) is 0 Å². The molecular weight excluding hydrogens is 658 g/mol. The van der Waals surface area contributed by atoms with Gasteiger partial charge in [0.05, 0.1) is 25.4 Å². The lowest BCUT2D eigenvalue weighted by Gasteiger charge is -2.23. The summed E-state index contributed by atoms with van der Waals surface area (Å²) in [7, 11) is -7.78. The first-order chi connectivity index (χ1) is 22.6. The molecule has 2 unspecified atom stereocenters. The third-order valence-corrected chi connectivity index (χ3v) is 10.1. The molecule has 268 valence electrons. The van der Waals surface area contributed by atoms with Gasteiger partial charge in [-0.15, -0.1) is 0 Å². The highest BCUT2D eigenvalue weighted by atomic mass is 31.2. The maximum Gasteiger partial charge on any atom is 0.459 e.